The van der Waals surface area contributed by atoms with Gasteiger partial charge in [0.05, 0.1) is 24.3 Å². The smallest absolute Gasteiger partial charge is 0.457 e. The molecular formula is C29H23F6NO3. The van der Waals surface area contributed by atoms with Crippen molar-refractivity contribution in [1.29, 1.82) is 0 Å². The monoisotopic (exact) mass is 547 g/mol. The van der Waals surface area contributed by atoms with Gasteiger partial charge in [0, 0.05) is 0 Å². The van der Waals surface area contributed by atoms with Crippen molar-refractivity contribution in [3.05, 3.63) is 125 Å². The van der Waals surface area contributed by atoms with Crippen molar-refractivity contribution in [1.82, 2.24) is 5.32 Å². The number of hydrogen-bond acceptors (Lipinski definition) is 4. The predicted octanol–water partition coefficient (Wildman–Crippen LogP) is 7.81. The number of nitrogens with one attached hydrogen (secondary N) is 1. The average molecular weight is 547 g/mol. The van der Waals surface area contributed by atoms with Crippen molar-refractivity contribution in [3.8, 4) is 17.2 Å². The van der Waals surface area contributed by atoms with E-state index < -0.39 is 42.5 Å². The van der Waals surface area contributed by atoms with Crippen LogP contribution in [-0.2, 0) is 6.18 Å². The normalized spacial score (nSPS) is 13.5. The van der Waals surface area contributed by atoms with Gasteiger partial charge in [-0.2, -0.15) is 13.2 Å². The van der Waals surface area contributed by atoms with Crippen LogP contribution in [0.1, 0.15) is 34.3 Å². The molecule has 4 aromatic rings. The molecule has 0 radical (unpaired) electrons. The Hall–Kier alpha value is -4.02. The van der Waals surface area contributed by atoms with Crippen LogP contribution in [0.15, 0.2) is 103 Å². The van der Waals surface area contributed by atoms with Crippen molar-refractivity contribution < 1.29 is 40.9 Å². The molecule has 10 heteroatoms. The summed E-state index contributed by atoms with van der Waals surface area (Å²) in [4.78, 5) is 0. The van der Waals surface area contributed by atoms with Crippen LogP contribution >= 0.6 is 0 Å². The quantitative estimate of drug-likeness (QED) is 0.210. The standard InChI is InChI=1S/C29H23F6NO3/c30-28(31,32)22-8-4-6-20(16-22)26(18-37)36-27(19-12-14-24(15-13-19)39-29(33,34)35)21-7-5-11-25(17-21)38-23-9-2-1-3-10-23/h1-17,26-27,36-37H,18H2. The summed E-state index contributed by atoms with van der Waals surface area (Å²) < 4.78 is 87.8. The molecule has 204 valence electrons. The third-order valence-electron chi connectivity index (χ3n) is 5.78. The Morgan fingerprint density at radius 1 is 0.641 bits per heavy atom. The summed E-state index contributed by atoms with van der Waals surface area (Å²) in [6, 6.07) is 23.8. The first-order valence-electron chi connectivity index (χ1n) is 11.7. The fourth-order valence-corrected chi connectivity index (χ4v) is 4.02. The van der Waals surface area contributed by atoms with E-state index in [1.165, 1.54) is 24.3 Å². The molecule has 0 spiro atoms. The molecule has 0 aliphatic heterocycles. The molecular weight excluding hydrogens is 524 g/mol. The highest BCUT2D eigenvalue weighted by Gasteiger charge is 2.32. The average Bonchev–Trinajstić information content (AvgIpc) is 2.89. The van der Waals surface area contributed by atoms with Crippen molar-refractivity contribution >= 4 is 0 Å². The van der Waals surface area contributed by atoms with E-state index in [0.29, 0.717) is 22.6 Å². The van der Waals surface area contributed by atoms with Crippen LogP contribution in [0, 0.1) is 0 Å². The SMILES string of the molecule is OCC(NC(c1ccc(OC(F)(F)F)cc1)c1cccc(Oc2ccccc2)c1)c1cccc(C(F)(F)F)c1. The molecule has 0 bridgehead atoms. The number of para-hydroxylation sites is 1. The third kappa shape index (κ3) is 7.75. The Bertz CT molecular complexity index is 1360. The van der Waals surface area contributed by atoms with E-state index in [1.54, 1.807) is 48.5 Å². The van der Waals surface area contributed by atoms with E-state index in [-0.39, 0.29) is 5.56 Å². The molecule has 4 aromatic carbocycles. The van der Waals surface area contributed by atoms with Crippen LogP contribution in [0.5, 0.6) is 17.2 Å². The van der Waals surface area contributed by atoms with E-state index in [2.05, 4.69) is 10.1 Å². The molecule has 0 amide bonds. The number of halogens is 6. The minimum Gasteiger partial charge on any atom is -0.457 e. The summed E-state index contributed by atoms with van der Waals surface area (Å²) in [5.41, 5.74) is 0.389. The van der Waals surface area contributed by atoms with Crippen molar-refractivity contribution in [3.63, 3.8) is 0 Å². The lowest BCUT2D eigenvalue weighted by Crippen LogP contribution is -2.30. The molecule has 0 saturated carbocycles. The van der Waals surface area contributed by atoms with Gasteiger partial charge in [0.1, 0.15) is 17.2 Å². The van der Waals surface area contributed by atoms with Gasteiger partial charge in [-0.25, -0.2) is 0 Å². The van der Waals surface area contributed by atoms with Gasteiger partial charge < -0.3 is 14.6 Å². The minimum atomic E-state index is -4.87. The first-order valence-corrected chi connectivity index (χ1v) is 11.7. The second-order valence-corrected chi connectivity index (χ2v) is 8.56. The number of hydrogen-bond donors (Lipinski definition) is 2. The number of ether oxygens (including phenoxy) is 2. The summed E-state index contributed by atoms with van der Waals surface area (Å²) in [6.07, 6.45) is -9.44. The first-order chi connectivity index (χ1) is 18.5. The zero-order chi connectivity index (χ0) is 28.0. The molecule has 4 nitrogen and oxygen atoms in total. The maximum absolute atomic E-state index is 13.3. The number of rotatable bonds is 9. The molecule has 2 N–H and O–H groups in total. The van der Waals surface area contributed by atoms with Crippen LogP contribution < -0.4 is 14.8 Å². The van der Waals surface area contributed by atoms with E-state index >= 15 is 0 Å². The Labute approximate surface area is 220 Å². The highest BCUT2D eigenvalue weighted by molar-refractivity contribution is 5.41. The summed E-state index contributed by atoms with van der Waals surface area (Å²) in [7, 11) is 0. The van der Waals surface area contributed by atoms with E-state index in [1.807, 2.05) is 6.07 Å². The lowest BCUT2D eigenvalue weighted by molar-refractivity contribution is -0.274. The maximum Gasteiger partial charge on any atom is 0.573 e. The second-order valence-electron chi connectivity index (χ2n) is 8.56. The third-order valence-corrected chi connectivity index (χ3v) is 5.78. The highest BCUT2D eigenvalue weighted by atomic mass is 19.4. The lowest BCUT2D eigenvalue weighted by atomic mass is 9.95. The van der Waals surface area contributed by atoms with Gasteiger partial charge >= 0.3 is 12.5 Å². The van der Waals surface area contributed by atoms with Crippen LogP contribution in [-0.4, -0.2) is 18.1 Å². The van der Waals surface area contributed by atoms with Crippen LogP contribution in [0.3, 0.4) is 0 Å². The van der Waals surface area contributed by atoms with E-state index in [0.717, 1.165) is 24.3 Å². The molecule has 2 atom stereocenters. The summed E-state index contributed by atoms with van der Waals surface area (Å²) in [5.74, 6) is 0.606. The largest absolute Gasteiger partial charge is 0.573 e. The van der Waals surface area contributed by atoms with Gasteiger partial charge in [0.25, 0.3) is 0 Å². The van der Waals surface area contributed by atoms with Gasteiger partial charge in [-0.15, -0.1) is 13.2 Å². The van der Waals surface area contributed by atoms with Gasteiger partial charge in [-0.3, -0.25) is 5.32 Å². The molecule has 0 aromatic heterocycles. The van der Waals surface area contributed by atoms with Crippen LogP contribution in [0.2, 0.25) is 0 Å². The fraction of sp³-hybridized carbons (Fsp3) is 0.172. The number of alkyl halides is 6. The van der Waals surface area contributed by atoms with Crippen molar-refractivity contribution in [2.75, 3.05) is 6.61 Å². The molecule has 0 aliphatic rings. The maximum atomic E-state index is 13.3. The Balaban J connectivity index is 1.70. The van der Waals surface area contributed by atoms with E-state index in [9.17, 15) is 31.4 Å². The summed E-state index contributed by atoms with van der Waals surface area (Å²) in [6.45, 7) is -0.548. The molecule has 0 saturated heterocycles. The number of benzene rings is 4. The van der Waals surface area contributed by atoms with Gasteiger partial charge in [-0.05, 0) is 65.2 Å². The topological polar surface area (TPSA) is 50.7 Å². The predicted molar refractivity (Wildman–Crippen MR) is 132 cm³/mol. The highest BCUT2D eigenvalue weighted by Crippen LogP contribution is 2.34. The number of aliphatic hydroxyl groups is 1. The molecule has 4 rings (SSSR count). The van der Waals surface area contributed by atoms with Crippen LogP contribution in [0.4, 0.5) is 26.3 Å². The first kappa shape index (κ1) is 28.0. The molecule has 39 heavy (non-hydrogen) atoms. The Morgan fingerprint density at radius 2 is 1.28 bits per heavy atom. The summed E-state index contributed by atoms with van der Waals surface area (Å²) >= 11 is 0. The van der Waals surface area contributed by atoms with E-state index in [4.69, 9.17) is 4.74 Å². The van der Waals surface area contributed by atoms with Crippen LogP contribution in [0.25, 0.3) is 0 Å². The van der Waals surface area contributed by atoms with Gasteiger partial charge in [0.2, 0.25) is 0 Å². The van der Waals surface area contributed by atoms with Crippen molar-refractivity contribution in [2.24, 2.45) is 0 Å². The van der Waals surface area contributed by atoms with Gasteiger partial charge in [0.15, 0.2) is 0 Å². The minimum absolute atomic E-state index is 0.186. The fourth-order valence-electron chi connectivity index (χ4n) is 4.02. The zero-order valence-corrected chi connectivity index (χ0v) is 20.2. The van der Waals surface area contributed by atoms with Crippen molar-refractivity contribution in [2.45, 2.75) is 24.6 Å². The zero-order valence-electron chi connectivity index (χ0n) is 20.2. The molecule has 0 fully saturated rings. The molecule has 2 unspecified atom stereocenters. The Kier molecular flexibility index (Phi) is 8.47. The Morgan fingerprint density at radius 3 is 1.92 bits per heavy atom. The molecule has 0 aliphatic carbocycles. The molecule has 0 heterocycles. The lowest BCUT2D eigenvalue weighted by Gasteiger charge is -2.27. The second kappa shape index (κ2) is 11.8. The van der Waals surface area contributed by atoms with Gasteiger partial charge in [-0.1, -0.05) is 54.6 Å². The number of aliphatic hydroxyl groups excluding tert-OH is 1. The summed E-state index contributed by atoms with van der Waals surface area (Å²) in [5, 5.41) is 13.3.